The molecular weight excluding hydrogens is 206 g/mol. The lowest BCUT2D eigenvalue weighted by atomic mass is 10.1. The second-order valence-corrected chi connectivity index (χ2v) is 4.03. The summed E-state index contributed by atoms with van der Waals surface area (Å²) in [5.74, 6) is 0. The van der Waals surface area contributed by atoms with Crippen LogP contribution in [0.5, 0.6) is 0 Å². The molecule has 3 aromatic rings. The van der Waals surface area contributed by atoms with Gasteiger partial charge in [-0.3, -0.25) is 0 Å². The van der Waals surface area contributed by atoms with Crippen molar-refractivity contribution in [1.82, 2.24) is 4.98 Å². The predicted octanol–water partition coefficient (Wildman–Crippen LogP) is 4.34. The summed E-state index contributed by atoms with van der Waals surface area (Å²) in [5.41, 5.74) is 3.63. The summed E-state index contributed by atoms with van der Waals surface area (Å²) in [5, 5.41) is 1.26. The topological polar surface area (TPSA) is 15.8 Å². The molecule has 0 saturated heterocycles. The number of nitrogens with one attached hydrogen (secondary N) is 1. The zero-order chi connectivity index (χ0) is 11.5. The van der Waals surface area contributed by atoms with Crippen LogP contribution in [0.25, 0.3) is 23.1 Å². The molecule has 3 rings (SSSR count). The maximum absolute atomic E-state index is 3.27. The van der Waals surface area contributed by atoms with Crippen molar-refractivity contribution in [1.29, 1.82) is 0 Å². The van der Waals surface area contributed by atoms with E-state index in [2.05, 4.69) is 59.6 Å². The van der Waals surface area contributed by atoms with Crippen molar-refractivity contribution in [2.75, 3.05) is 0 Å². The summed E-state index contributed by atoms with van der Waals surface area (Å²) in [6.45, 7) is 0. The normalized spacial score (nSPS) is 11.3. The van der Waals surface area contributed by atoms with Gasteiger partial charge in [0, 0.05) is 17.1 Å². The van der Waals surface area contributed by atoms with Crippen molar-refractivity contribution < 1.29 is 0 Å². The Morgan fingerprint density at radius 3 is 2.41 bits per heavy atom. The molecule has 1 heteroatoms. The lowest BCUT2D eigenvalue weighted by Gasteiger charge is -1.92. The molecule has 2 aromatic carbocycles. The van der Waals surface area contributed by atoms with Crippen LogP contribution in [0, 0.1) is 0 Å². The van der Waals surface area contributed by atoms with E-state index in [0.29, 0.717) is 0 Å². The van der Waals surface area contributed by atoms with Gasteiger partial charge in [0.25, 0.3) is 0 Å². The Bertz CT molecular complexity index is 647. The van der Waals surface area contributed by atoms with Gasteiger partial charge in [0.2, 0.25) is 0 Å². The summed E-state index contributed by atoms with van der Waals surface area (Å²) in [4.78, 5) is 3.27. The molecule has 0 amide bonds. The SMILES string of the molecule is C(=C\c1c[nH]c2ccccc12)/c1ccccc1. The van der Waals surface area contributed by atoms with E-state index < -0.39 is 0 Å². The first-order chi connectivity index (χ1) is 8.43. The third kappa shape index (κ3) is 2.00. The van der Waals surface area contributed by atoms with Crippen LogP contribution in [-0.4, -0.2) is 4.98 Å². The van der Waals surface area contributed by atoms with Gasteiger partial charge in [-0.2, -0.15) is 0 Å². The van der Waals surface area contributed by atoms with Crippen molar-refractivity contribution in [3.05, 3.63) is 71.9 Å². The number of aromatic nitrogens is 1. The second-order valence-electron chi connectivity index (χ2n) is 4.03. The molecule has 1 heterocycles. The molecule has 0 radical (unpaired) electrons. The first-order valence-electron chi connectivity index (χ1n) is 5.73. The number of hydrogen-bond donors (Lipinski definition) is 1. The highest BCUT2D eigenvalue weighted by molar-refractivity contribution is 5.91. The van der Waals surface area contributed by atoms with Gasteiger partial charge >= 0.3 is 0 Å². The number of fused-ring (bicyclic) bond motifs is 1. The van der Waals surface area contributed by atoms with Crippen LogP contribution in [0.4, 0.5) is 0 Å². The fourth-order valence-corrected chi connectivity index (χ4v) is 1.98. The van der Waals surface area contributed by atoms with Gasteiger partial charge < -0.3 is 4.98 Å². The van der Waals surface area contributed by atoms with Gasteiger partial charge in [0.15, 0.2) is 0 Å². The van der Waals surface area contributed by atoms with E-state index in [-0.39, 0.29) is 0 Å². The van der Waals surface area contributed by atoms with E-state index in [1.165, 1.54) is 22.0 Å². The van der Waals surface area contributed by atoms with E-state index in [1.807, 2.05) is 18.3 Å². The van der Waals surface area contributed by atoms with Crippen LogP contribution in [0.3, 0.4) is 0 Å². The molecule has 0 bridgehead atoms. The van der Waals surface area contributed by atoms with Crippen molar-refractivity contribution >= 4 is 23.1 Å². The number of H-pyrrole nitrogens is 1. The molecule has 0 fully saturated rings. The molecule has 0 aliphatic rings. The zero-order valence-electron chi connectivity index (χ0n) is 9.43. The summed E-state index contributed by atoms with van der Waals surface area (Å²) >= 11 is 0. The number of rotatable bonds is 2. The van der Waals surface area contributed by atoms with Crippen LogP contribution in [0.1, 0.15) is 11.1 Å². The molecular formula is C16H13N. The molecule has 0 atom stereocenters. The van der Waals surface area contributed by atoms with Gasteiger partial charge in [-0.25, -0.2) is 0 Å². The molecule has 0 spiro atoms. The van der Waals surface area contributed by atoms with E-state index in [1.54, 1.807) is 0 Å². The Morgan fingerprint density at radius 1 is 0.765 bits per heavy atom. The highest BCUT2D eigenvalue weighted by Crippen LogP contribution is 2.19. The largest absolute Gasteiger partial charge is 0.361 e. The van der Waals surface area contributed by atoms with Gasteiger partial charge in [-0.15, -0.1) is 0 Å². The molecule has 1 N–H and O–H groups in total. The molecule has 0 saturated carbocycles. The van der Waals surface area contributed by atoms with Crippen molar-refractivity contribution in [3.63, 3.8) is 0 Å². The smallest absolute Gasteiger partial charge is 0.0460 e. The Labute approximate surface area is 100 Å². The highest BCUT2D eigenvalue weighted by atomic mass is 14.7. The summed E-state index contributed by atoms with van der Waals surface area (Å²) in [6.07, 6.45) is 6.33. The Kier molecular flexibility index (Phi) is 2.51. The summed E-state index contributed by atoms with van der Waals surface area (Å²) < 4.78 is 0. The summed E-state index contributed by atoms with van der Waals surface area (Å²) in [6, 6.07) is 18.7. The first kappa shape index (κ1) is 9.91. The quantitative estimate of drug-likeness (QED) is 0.660. The Balaban J connectivity index is 1.98. The minimum atomic E-state index is 1.18. The lowest BCUT2D eigenvalue weighted by molar-refractivity contribution is 1.47. The van der Waals surface area contributed by atoms with Crippen LogP contribution in [-0.2, 0) is 0 Å². The first-order valence-corrected chi connectivity index (χ1v) is 5.73. The fraction of sp³-hybridized carbons (Fsp3) is 0. The van der Waals surface area contributed by atoms with Crippen molar-refractivity contribution in [2.24, 2.45) is 0 Å². The number of para-hydroxylation sites is 1. The molecule has 0 unspecified atom stereocenters. The Hall–Kier alpha value is -2.28. The van der Waals surface area contributed by atoms with E-state index in [0.717, 1.165) is 0 Å². The minimum absolute atomic E-state index is 1.18. The maximum Gasteiger partial charge on any atom is 0.0460 e. The second kappa shape index (κ2) is 4.30. The molecule has 1 aromatic heterocycles. The predicted molar refractivity (Wildman–Crippen MR) is 73.7 cm³/mol. The van der Waals surface area contributed by atoms with E-state index in [9.17, 15) is 0 Å². The fourth-order valence-electron chi connectivity index (χ4n) is 1.98. The average molecular weight is 219 g/mol. The van der Waals surface area contributed by atoms with E-state index >= 15 is 0 Å². The highest BCUT2D eigenvalue weighted by Gasteiger charge is 1.98. The van der Waals surface area contributed by atoms with Crippen molar-refractivity contribution in [3.8, 4) is 0 Å². The molecule has 17 heavy (non-hydrogen) atoms. The minimum Gasteiger partial charge on any atom is -0.361 e. The standard InChI is InChI=1S/C16H13N/c1-2-6-13(7-3-1)10-11-14-12-17-16-9-5-4-8-15(14)16/h1-12,17H/b11-10+. The lowest BCUT2D eigenvalue weighted by Crippen LogP contribution is -1.70. The zero-order valence-corrected chi connectivity index (χ0v) is 9.43. The van der Waals surface area contributed by atoms with Crippen LogP contribution < -0.4 is 0 Å². The molecule has 1 nitrogen and oxygen atoms in total. The Morgan fingerprint density at radius 2 is 1.53 bits per heavy atom. The molecule has 0 aliphatic carbocycles. The third-order valence-corrected chi connectivity index (χ3v) is 2.88. The average Bonchev–Trinajstić information content (AvgIpc) is 2.81. The van der Waals surface area contributed by atoms with Gasteiger partial charge in [0.1, 0.15) is 0 Å². The number of aromatic amines is 1. The van der Waals surface area contributed by atoms with Crippen LogP contribution in [0.15, 0.2) is 60.8 Å². The molecule has 0 aliphatic heterocycles. The van der Waals surface area contributed by atoms with Crippen LogP contribution in [0.2, 0.25) is 0 Å². The summed E-state index contributed by atoms with van der Waals surface area (Å²) in [7, 11) is 0. The number of benzene rings is 2. The van der Waals surface area contributed by atoms with Gasteiger partial charge in [0.05, 0.1) is 0 Å². The monoisotopic (exact) mass is 219 g/mol. The van der Waals surface area contributed by atoms with Gasteiger partial charge in [-0.1, -0.05) is 60.7 Å². The third-order valence-electron chi connectivity index (χ3n) is 2.88. The number of hydrogen-bond acceptors (Lipinski definition) is 0. The van der Waals surface area contributed by atoms with Crippen LogP contribution >= 0.6 is 0 Å². The van der Waals surface area contributed by atoms with Crippen molar-refractivity contribution in [2.45, 2.75) is 0 Å². The maximum atomic E-state index is 3.27. The van der Waals surface area contributed by atoms with Gasteiger partial charge in [-0.05, 0) is 17.2 Å². The molecule has 82 valence electrons. The van der Waals surface area contributed by atoms with E-state index in [4.69, 9.17) is 0 Å².